The zero-order valence-corrected chi connectivity index (χ0v) is 17.1. The van der Waals surface area contributed by atoms with Crippen LogP contribution >= 0.6 is 23.4 Å². The van der Waals surface area contributed by atoms with E-state index in [1.807, 2.05) is 25.1 Å². The van der Waals surface area contributed by atoms with E-state index in [1.165, 1.54) is 11.8 Å². The summed E-state index contributed by atoms with van der Waals surface area (Å²) in [5.41, 5.74) is 1.17. The van der Waals surface area contributed by atoms with Crippen LogP contribution in [0.15, 0.2) is 53.5 Å². The molecule has 28 heavy (non-hydrogen) atoms. The highest BCUT2D eigenvalue weighted by molar-refractivity contribution is 8.15. The van der Waals surface area contributed by atoms with Gasteiger partial charge >= 0.3 is 0 Å². The van der Waals surface area contributed by atoms with Crippen molar-refractivity contribution in [1.29, 1.82) is 0 Å². The second-order valence-corrected chi connectivity index (χ2v) is 7.59. The summed E-state index contributed by atoms with van der Waals surface area (Å²) in [4.78, 5) is 31.5. The van der Waals surface area contributed by atoms with Gasteiger partial charge < -0.3 is 10.1 Å². The smallest absolute Gasteiger partial charge is 0.238 e. The van der Waals surface area contributed by atoms with Gasteiger partial charge in [0, 0.05) is 19.0 Å². The molecule has 1 unspecified atom stereocenters. The molecule has 2 aromatic carbocycles. The Labute approximate surface area is 172 Å². The minimum absolute atomic E-state index is 0.103. The van der Waals surface area contributed by atoms with E-state index in [-0.39, 0.29) is 18.2 Å². The summed E-state index contributed by atoms with van der Waals surface area (Å²) in [6, 6.07) is 14.2. The van der Waals surface area contributed by atoms with Crippen molar-refractivity contribution in [1.82, 2.24) is 4.90 Å². The highest BCUT2D eigenvalue weighted by atomic mass is 35.5. The number of aliphatic imine (C=N–C) groups is 1. The Morgan fingerprint density at radius 2 is 2.11 bits per heavy atom. The van der Waals surface area contributed by atoms with E-state index in [9.17, 15) is 9.59 Å². The molecule has 0 spiro atoms. The molecule has 0 bridgehead atoms. The summed E-state index contributed by atoms with van der Waals surface area (Å²) >= 11 is 7.38. The number of carbonyl (C=O) groups excluding carboxylic acids is 2. The lowest BCUT2D eigenvalue weighted by Crippen LogP contribution is -2.45. The Bertz CT molecular complexity index is 919. The molecular weight excluding hydrogens is 398 g/mol. The third-order valence-corrected chi connectivity index (χ3v) is 5.68. The summed E-state index contributed by atoms with van der Waals surface area (Å²) in [6.45, 7) is 2.36. The number of hydrogen-bond acceptors (Lipinski definition) is 5. The van der Waals surface area contributed by atoms with E-state index in [2.05, 4.69) is 10.3 Å². The largest absolute Gasteiger partial charge is 0.497 e. The lowest BCUT2D eigenvalue weighted by Gasteiger charge is -2.31. The summed E-state index contributed by atoms with van der Waals surface area (Å²) in [6.07, 6.45) is 0.103. The van der Waals surface area contributed by atoms with Crippen molar-refractivity contribution in [3.05, 3.63) is 53.6 Å². The molecule has 0 aromatic heterocycles. The molecule has 0 radical (unpaired) electrons. The van der Waals surface area contributed by atoms with Crippen LogP contribution in [0.3, 0.4) is 0 Å². The van der Waals surface area contributed by atoms with Gasteiger partial charge in [-0.2, -0.15) is 0 Å². The summed E-state index contributed by atoms with van der Waals surface area (Å²) < 4.78 is 5.22. The fourth-order valence-corrected chi connectivity index (χ4v) is 4.06. The Hall–Kier alpha value is -2.51. The zero-order chi connectivity index (χ0) is 20.1. The van der Waals surface area contributed by atoms with Crippen LogP contribution in [0.25, 0.3) is 0 Å². The van der Waals surface area contributed by atoms with Gasteiger partial charge in [0.1, 0.15) is 11.0 Å². The molecule has 1 aliphatic heterocycles. The van der Waals surface area contributed by atoms with Gasteiger partial charge in [-0.1, -0.05) is 41.6 Å². The van der Waals surface area contributed by atoms with Crippen LogP contribution in [0.2, 0.25) is 5.02 Å². The highest BCUT2D eigenvalue weighted by Gasteiger charge is 2.35. The lowest BCUT2D eigenvalue weighted by atomic mass is 10.2. The van der Waals surface area contributed by atoms with Crippen LogP contribution in [0.5, 0.6) is 5.75 Å². The number of nitrogens with one attached hydrogen (secondary N) is 1. The molecule has 1 aliphatic rings. The molecule has 1 N–H and O–H groups in total. The third kappa shape index (κ3) is 4.66. The van der Waals surface area contributed by atoms with Gasteiger partial charge in [0.25, 0.3) is 0 Å². The van der Waals surface area contributed by atoms with Crippen molar-refractivity contribution in [2.24, 2.45) is 4.99 Å². The first-order chi connectivity index (χ1) is 13.5. The molecule has 8 heteroatoms. The predicted molar refractivity (Wildman–Crippen MR) is 114 cm³/mol. The maximum Gasteiger partial charge on any atom is 0.238 e. The van der Waals surface area contributed by atoms with Gasteiger partial charge in [0.05, 0.1) is 23.5 Å². The number of ether oxygens (including phenoxy) is 1. The van der Waals surface area contributed by atoms with E-state index < -0.39 is 5.25 Å². The van der Waals surface area contributed by atoms with E-state index in [1.54, 1.807) is 42.3 Å². The van der Waals surface area contributed by atoms with Crippen LogP contribution in [-0.4, -0.2) is 40.8 Å². The van der Waals surface area contributed by atoms with Gasteiger partial charge in [0.15, 0.2) is 5.17 Å². The molecule has 146 valence electrons. The number of methoxy groups -OCH3 is 1. The van der Waals surface area contributed by atoms with Gasteiger partial charge in [-0.25, -0.2) is 4.99 Å². The van der Waals surface area contributed by atoms with Crippen molar-refractivity contribution in [2.75, 3.05) is 19.0 Å². The number of carbonyl (C=O) groups is 2. The number of halogens is 1. The second kappa shape index (κ2) is 9.12. The highest BCUT2D eigenvalue weighted by Crippen LogP contribution is 2.31. The monoisotopic (exact) mass is 417 g/mol. The third-order valence-electron chi connectivity index (χ3n) is 4.16. The zero-order valence-electron chi connectivity index (χ0n) is 15.5. The van der Waals surface area contributed by atoms with Crippen LogP contribution in [0, 0.1) is 0 Å². The number of rotatable bonds is 5. The minimum atomic E-state index is -0.587. The molecule has 1 saturated heterocycles. The van der Waals surface area contributed by atoms with Gasteiger partial charge in [0.2, 0.25) is 11.8 Å². The Kier molecular flexibility index (Phi) is 6.59. The van der Waals surface area contributed by atoms with E-state index in [4.69, 9.17) is 16.3 Å². The lowest BCUT2D eigenvalue weighted by molar-refractivity contribution is -0.129. The SMILES string of the molecule is CCN1C(=O)CC(C(=O)Nc2ccccc2Cl)SC1=Nc1cccc(OC)c1. The Morgan fingerprint density at radius 1 is 1.32 bits per heavy atom. The van der Waals surface area contributed by atoms with Crippen LogP contribution in [0.1, 0.15) is 13.3 Å². The molecule has 3 rings (SSSR count). The van der Waals surface area contributed by atoms with E-state index in [0.29, 0.717) is 33.9 Å². The maximum atomic E-state index is 12.7. The first-order valence-corrected chi connectivity index (χ1v) is 10.0. The predicted octanol–water partition coefficient (Wildman–Crippen LogP) is 4.33. The number of amidine groups is 1. The molecule has 0 saturated carbocycles. The van der Waals surface area contributed by atoms with E-state index >= 15 is 0 Å². The quantitative estimate of drug-likeness (QED) is 0.786. The van der Waals surface area contributed by atoms with Gasteiger partial charge in [-0.15, -0.1) is 0 Å². The first-order valence-electron chi connectivity index (χ1n) is 8.77. The molecule has 6 nitrogen and oxygen atoms in total. The number of hydrogen-bond donors (Lipinski definition) is 1. The molecule has 2 amide bonds. The molecule has 2 aromatic rings. The Morgan fingerprint density at radius 3 is 2.82 bits per heavy atom. The molecule has 0 aliphatic carbocycles. The summed E-state index contributed by atoms with van der Waals surface area (Å²) in [5, 5.41) is 3.15. The first kappa shape index (κ1) is 20.2. The van der Waals surface area contributed by atoms with Gasteiger partial charge in [-0.3, -0.25) is 14.5 Å². The number of benzene rings is 2. The minimum Gasteiger partial charge on any atom is -0.497 e. The van der Waals surface area contributed by atoms with Crippen LogP contribution in [0.4, 0.5) is 11.4 Å². The fraction of sp³-hybridized carbons (Fsp3) is 0.250. The van der Waals surface area contributed by atoms with Crippen molar-refractivity contribution in [3.63, 3.8) is 0 Å². The average Bonchev–Trinajstić information content (AvgIpc) is 2.69. The number of para-hydroxylation sites is 1. The number of amides is 2. The maximum absolute atomic E-state index is 12.7. The van der Waals surface area contributed by atoms with E-state index in [0.717, 1.165) is 0 Å². The number of nitrogens with zero attached hydrogens (tertiary/aromatic N) is 2. The molecule has 1 heterocycles. The summed E-state index contributed by atoms with van der Waals surface area (Å²) in [5.74, 6) is 0.257. The normalized spacial score (nSPS) is 18.2. The molecular formula is C20H20ClN3O3S. The standard InChI is InChI=1S/C20H20ClN3O3S/c1-3-24-18(25)12-17(19(26)23-16-10-5-4-9-15(16)21)28-20(24)22-13-7-6-8-14(11-13)27-2/h4-11,17H,3,12H2,1-2H3,(H,23,26). The topological polar surface area (TPSA) is 71.0 Å². The molecule has 1 fully saturated rings. The second-order valence-electron chi connectivity index (χ2n) is 6.01. The van der Waals surface area contributed by atoms with Crippen molar-refractivity contribution in [2.45, 2.75) is 18.6 Å². The van der Waals surface area contributed by atoms with Crippen molar-refractivity contribution in [3.8, 4) is 5.75 Å². The van der Waals surface area contributed by atoms with Crippen molar-refractivity contribution < 1.29 is 14.3 Å². The van der Waals surface area contributed by atoms with Crippen molar-refractivity contribution >= 4 is 51.7 Å². The van der Waals surface area contributed by atoms with Gasteiger partial charge in [-0.05, 0) is 31.2 Å². The van der Waals surface area contributed by atoms with Crippen LogP contribution < -0.4 is 10.1 Å². The average molecular weight is 418 g/mol. The summed E-state index contributed by atoms with van der Waals surface area (Å²) in [7, 11) is 1.58. The number of anilines is 1. The number of thioether (sulfide) groups is 1. The van der Waals surface area contributed by atoms with Crippen LogP contribution in [-0.2, 0) is 9.59 Å². The Balaban J connectivity index is 1.83. The fourth-order valence-electron chi connectivity index (χ4n) is 2.72. The molecule has 1 atom stereocenters.